The molecule has 4 nitrogen and oxygen atoms in total. The monoisotopic (exact) mass is 358 g/mol. The van der Waals surface area contributed by atoms with Gasteiger partial charge >= 0.3 is 0 Å². The van der Waals surface area contributed by atoms with E-state index >= 15 is 0 Å². The maximum absolute atomic E-state index is 13.2. The molecular weight excluding hydrogens is 338 g/mol. The molecule has 2 aromatic rings. The van der Waals surface area contributed by atoms with Gasteiger partial charge in [0.1, 0.15) is 11.6 Å². The number of piperidine rings is 1. The van der Waals surface area contributed by atoms with Crippen molar-refractivity contribution in [3.05, 3.63) is 71.3 Å². The van der Waals surface area contributed by atoms with Crippen LogP contribution in [-0.4, -0.2) is 29.8 Å². The third-order valence-electron chi connectivity index (χ3n) is 4.53. The van der Waals surface area contributed by atoms with Crippen molar-refractivity contribution >= 4 is 11.8 Å². The molecule has 1 atom stereocenters. The van der Waals surface area contributed by atoms with Crippen molar-refractivity contribution in [2.45, 2.75) is 19.4 Å². The van der Waals surface area contributed by atoms with Crippen LogP contribution >= 0.6 is 0 Å². The summed E-state index contributed by atoms with van der Waals surface area (Å²) in [5.74, 6) is -1.39. The molecule has 1 heterocycles. The number of carbonyl (C=O) groups is 2. The van der Waals surface area contributed by atoms with Gasteiger partial charge in [-0.05, 0) is 54.8 Å². The maximum atomic E-state index is 13.2. The Hall–Kier alpha value is -2.76. The van der Waals surface area contributed by atoms with Gasteiger partial charge in [-0.3, -0.25) is 9.59 Å². The minimum Gasteiger partial charge on any atom is -0.352 e. The van der Waals surface area contributed by atoms with Crippen molar-refractivity contribution < 1.29 is 18.4 Å². The highest BCUT2D eigenvalue weighted by atomic mass is 19.1. The Morgan fingerprint density at radius 3 is 2.58 bits per heavy atom. The number of carbonyl (C=O) groups excluding carboxylic acids is 2. The lowest BCUT2D eigenvalue weighted by atomic mass is 9.96. The zero-order valence-corrected chi connectivity index (χ0v) is 14.3. The molecule has 1 aliphatic rings. The zero-order valence-electron chi connectivity index (χ0n) is 14.3. The van der Waals surface area contributed by atoms with Gasteiger partial charge < -0.3 is 10.2 Å². The molecule has 0 aromatic heterocycles. The molecule has 1 saturated heterocycles. The molecule has 0 bridgehead atoms. The van der Waals surface area contributed by atoms with E-state index in [0.29, 0.717) is 30.6 Å². The molecule has 0 saturated carbocycles. The number of hydrogen-bond acceptors (Lipinski definition) is 2. The summed E-state index contributed by atoms with van der Waals surface area (Å²) < 4.78 is 26.2. The van der Waals surface area contributed by atoms with Crippen LogP contribution in [0.2, 0.25) is 0 Å². The second kappa shape index (κ2) is 8.08. The molecule has 2 aromatic carbocycles. The third kappa shape index (κ3) is 4.45. The number of likely N-dealkylation sites (tertiary alicyclic amines) is 1. The molecule has 1 fully saturated rings. The van der Waals surface area contributed by atoms with Crippen LogP contribution in [0.3, 0.4) is 0 Å². The van der Waals surface area contributed by atoms with Gasteiger partial charge in [0.05, 0.1) is 5.92 Å². The van der Waals surface area contributed by atoms with E-state index in [4.69, 9.17) is 0 Å². The molecule has 6 heteroatoms. The molecule has 136 valence electrons. The number of hydrogen-bond donors (Lipinski definition) is 1. The van der Waals surface area contributed by atoms with Crippen LogP contribution in [0.5, 0.6) is 0 Å². The Bertz CT molecular complexity index is 793. The first-order valence-electron chi connectivity index (χ1n) is 8.60. The fourth-order valence-electron chi connectivity index (χ4n) is 3.13. The first kappa shape index (κ1) is 18.0. The summed E-state index contributed by atoms with van der Waals surface area (Å²) in [7, 11) is 0. The first-order chi connectivity index (χ1) is 12.5. The Balaban J connectivity index is 1.58. The Morgan fingerprint density at radius 2 is 1.85 bits per heavy atom. The lowest BCUT2D eigenvalue weighted by molar-refractivity contribution is -0.126. The van der Waals surface area contributed by atoms with E-state index in [9.17, 15) is 18.4 Å². The van der Waals surface area contributed by atoms with Gasteiger partial charge in [-0.15, -0.1) is 0 Å². The van der Waals surface area contributed by atoms with Crippen molar-refractivity contribution in [1.82, 2.24) is 10.2 Å². The second-order valence-electron chi connectivity index (χ2n) is 6.44. The molecular formula is C20H20F2N2O2. The number of rotatable bonds is 4. The number of amides is 2. The topological polar surface area (TPSA) is 49.4 Å². The van der Waals surface area contributed by atoms with E-state index in [1.165, 1.54) is 36.4 Å². The van der Waals surface area contributed by atoms with Crippen molar-refractivity contribution in [3.8, 4) is 0 Å². The lowest BCUT2D eigenvalue weighted by Gasteiger charge is -2.32. The van der Waals surface area contributed by atoms with Gasteiger partial charge in [-0.2, -0.15) is 0 Å². The molecule has 3 rings (SSSR count). The Labute approximate surface area is 150 Å². The Morgan fingerprint density at radius 1 is 1.08 bits per heavy atom. The third-order valence-corrected chi connectivity index (χ3v) is 4.53. The highest BCUT2D eigenvalue weighted by Gasteiger charge is 2.28. The molecule has 0 radical (unpaired) electrons. The van der Waals surface area contributed by atoms with Crippen LogP contribution < -0.4 is 5.32 Å². The molecule has 1 N–H and O–H groups in total. The number of benzene rings is 2. The number of halogens is 2. The van der Waals surface area contributed by atoms with E-state index in [0.717, 1.165) is 6.42 Å². The van der Waals surface area contributed by atoms with Gasteiger partial charge in [0.25, 0.3) is 5.91 Å². The predicted molar refractivity (Wildman–Crippen MR) is 93.3 cm³/mol. The van der Waals surface area contributed by atoms with E-state index in [2.05, 4.69) is 5.32 Å². The van der Waals surface area contributed by atoms with Gasteiger partial charge in [-0.25, -0.2) is 8.78 Å². The SMILES string of the molecule is O=C(NCc1cccc(F)c1)C1CCCN(C(=O)c2ccc(F)cc2)C1. The molecule has 0 aliphatic carbocycles. The van der Waals surface area contributed by atoms with E-state index in [-0.39, 0.29) is 30.1 Å². The van der Waals surface area contributed by atoms with Crippen LogP contribution in [0.15, 0.2) is 48.5 Å². The molecule has 1 unspecified atom stereocenters. The normalized spacial score (nSPS) is 17.0. The standard InChI is InChI=1S/C20H20F2N2O2/c21-17-8-6-15(7-9-17)20(26)24-10-2-4-16(13-24)19(25)23-12-14-3-1-5-18(22)11-14/h1,3,5-9,11,16H,2,4,10,12-13H2,(H,23,25). The maximum Gasteiger partial charge on any atom is 0.253 e. The smallest absolute Gasteiger partial charge is 0.253 e. The molecule has 26 heavy (non-hydrogen) atoms. The minimum atomic E-state index is -0.394. The quantitative estimate of drug-likeness (QED) is 0.913. The lowest BCUT2D eigenvalue weighted by Crippen LogP contribution is -2.45. The van der Waals surface area contributed by atoms with Crippen LogP contribution in [0.1, 0.15) is 28.8 Å². The molecule has 1 aliphatic heterocycles. The summed E-state index contributed by atoms with van der Waals surface area (Å²) in [5.41, 5.74) is 1.10. The number of nitrogens with zero attached hydrogens (tertiary/aromatic N) is 1. The van der Waals surface area contributed by atoms with Crippen molar-refractivity contribution in [1.29, 1.82) is 0 Å². The molecule has 0 spiro atoms. The van der Waals surface area contributed by atoms with Crippen molar-refractivity contribution in [3.63, 3.8) is 0 Å². The average Bonchev–Trinajstić information content (AvgIpc) is 2.66. The second-order valence-corrected chi connectivity index (χ2v) is 6.44. The average molecular weight is 358 g/mol. The Kier molecular flexibility index (Phi) is 5.61. The minimum absolute atomic E-state index is 0.147. The summed E-state index contributed by atoms with van der Waals surface area (Å²) >= 11 is 0. The summed E-state index contributed by atoms with van der Waals surface area (Å²) in [4.78, 5) is 26.6. The predicted octanol–water partition coefficient (Wildman–Crippen LogP) is 3.13. The number of nitrogens with one attached hydrogen (secondary N) is 1. The largest absolute Gasteiger partial charge is 0.352 e. The summed E-state index contributed by atoms with van der Waals surface area (Å²) in [6.07, 6.45) is 1.42. The van der Waals surface area contributed by atoms with Gasteiger partial charge in [-0.1, -0.05) is 12.1 Å². The fraction of sp³-hybridized carbons (Fsp3) is 0.300. The van der Waals surface area contributed by atoms with Crippen LogP contribution in [-0.2, 0) is 11.3 Å². The molecule has 2 amide bonds. The van der Waals surface area contributed by atoms with Crippen LogP contribution in [0.4, 0.5) is 8.78 Å². The van der Waals surface area contributed by atoms with Crippen LogP contribution in [0, 0.1) is 17.6 Å². The van der Waals surface area contributed by atoms with E-state index in [1.807, 2.05) is 0 Å². The zero-order chi connectivity index (χ0) is 18.5. The van der Waals surface area contributed by atoms with Crippen molar-refractivity contribution in [2.75, 3.05) is 13.1 Å². The summed E-state index contributed by atoms with van der Waals surface area (Å²) in [5, 5.41) is 2.81. The van der Waals surface area contributed by atoms with E-state index in [1.54, 1.807) is 17.0 Å². The highest BCUT2D eigenvalue weighted by molar-refractivity contribution is 5.94. The van der Waals surface area contributed by atoms with Gasteiger partial charge in [0, 0.05) is 25.2 Å². The van der Waals surface area contributed by atoms with Crippen molar-refractivity contribution in [2.24, 2.45) is 5.92 Å². The van der Waals surface area contributed by atoms with Gasteiger partial charge in [0.15, 0.2) is 0 Å². The summed E-state index contributed by atoms with van der Waals surface area (Å²) in [6, 6.07) is 11.5. The fourth-order valence-corrected chi connectivity index (χ4v) is 3.13. The van der Waals surface area contributed by atoms with E-state index < -0.39 is 5.82 Å². The van der Waals surface area contributed by atoms with Crippen LogP contribution in [0.25, 0.3) is 0 Å². The van der Waals surface area contributed by atoms with Gasteiger partial charge in [0.2, 0.25) is 5.91 Å². The highest BCUT2D eigenvalue weighted by Crippen LogP contribution is 2.19. The summed E-state index contributed by atoms with van der Waals surface area (Å²) in [6.45, 7) is 1.15. The first-order valence-corrected chi connectivity index (χ1v) is 8.60.